The maximum absolute atomic E-state index is 13.8. The van der Waals surface area contributed by atoms with Gasteiger partial charge in [0, 0.05) is 12.5 Å². The predicted octanol–water partition coefficient (Wildman–Crippen LogP) is 3.80. The molecule has 3 aromatic rings. The smallest absolute Gasteiger partial charge is 0.278 e. The van der Waals surface area contributed by atoms with E-state index in [2.05, 4.69) is 25.8 Å². The van der Waals surface area contributed by atoms with Gasteiger partial charge in [-0.1, -0.05) is 29.5 Å². The molecule has 1 unspecified atom stereocenters. The SMILES string of the molecule is CC(=O)Nc1c(C)cc(C)cc1-c1nnc(SC(C)C(=O)Nc2c(F)cccc2F)[nH]c1=O. The van der Waals surface area contributed by atoms with Crippen molar-refractivity contribution in [1.82, 2.24) is 15.2 Å². The van der Waals surface area contributed by atoms with Crippen molar-refractivity contribution in [2.45, 2.75) is 38.1 Å². The minimum Gasteiger partial charge on any atom is -0.325 e. The number of aromatic amines is 1. The number of aryl methyl sites for hydroxylation is 2. The molecule has 172 valence electrons. The molecule has 0 saturated carbocycles. The molecule has 0 bridgehead atoms. The molecule has 3 rings (SSSR count). The highest BCUT2D eigenvalue weighted by atomic mass is 32.2. The lowest BCUT2D eigenvalue weighted by atomic mass is 10.0. The van der Waals surface area contributed by atoms with Gasteiger partial charge in [-0.05, 0) is 44.5 Å². The first-order chi connectivity index (χ1) is 15.6. The van der Waals surface area contributed by atoms with Crippen LogP contribution in [-0.4, -0.2) is 32.2 Å². The Hall–Kier alpha value is -3.60. The molecule has 33 heavy (non-hydrogen) atoms. The zero-order valence-electron chi connectivity index (χ0n) is 18.2. The third-order valence-electron chi connectivity index (χ3n) is 4.58. The average Bonchev–Trinajstić information content (AvgIpc) is 2.72. The molecule has 0 saturated heterocycles. The minimum atomic E-state index is -0.901. The molecule has 0 fully saturated rings. The van der Waals surface area contributed by atoms with Gasteiger partial charge in [0.15, 0.2) is 10.9 Å². The molecule has 1 heterocycles. The molecule has 1 atom stereocenters. The summed E-state index contributed by atoms with van der Waals surface area (Å²) >= 11 is 0.866. The van der Waals surface area contributed by atoms with Crippen LogP contribution in [0, 0.1) is 25.5 Å². The van der Waals surface area contributed by atoms with Crippen molar-refractivity contribution < 1.29 is 18.4 Å². The van der Waals surface area contributed by atoms with Crippen LogP contribution in [0.2, 0.25) is 0 Å². The summed E-state index contributed by atoms with van der Waals surface area (Å²) in [6, 6.07) is 6.82. The summed E-state index contributed by atoms with van der Waals surface area (Å²) in [6.07, 6.45) is 0. The quantitative estimate of drug-likeness (QED) is 0.469. The fraction of sp³-hybridized carbons (Fsp3) is 0.227. The van der Waals surface area contributed by atoms with Gasteiger partial charge in [-0.2, -0.15) is 0 Å². The Morgan fingerprint density at radius 3 is 2.33 bits per heavy atom. The Morgan fingerprint density at radius 1 is 1.06 bits per heavy atom. The standard InChI is InChI=1S/C22H21F2N5O3S/c1-10-8-11(2)17(25-13(4)30)14(9-10)18-21(32)27-22(29-28-18)33-12(3)20(31)26-19-15(23)6-5-7-16(19)24/h5-9,12H,1-4H3,(H,25,30)(H,26,31)(H,27,29,32). The number of hydrogen-bond donors (Lipinski definition) is 3. The van der Waals surface area contributed by atoms with E-state index in [-0.39, 0.29) is 16.8 Å². The lowest BCUT2D eigenvalue weighted by Gasteiger charge is -2.14. The summed E-state index contributed by atoms with van der Waals surface area (Å²) in [7, 11) is 0. The molecular weight excluding hydrogens is 452 g/mol. The third kappa shape index (κ3) is 5.61. The van der Waals surface area contributed by atoms with Crippen LogP contribution in [0.15, 0.2) is 40.3 Å². The summed E-state index contributed by atoms with van der Waals surface area (Å²) in [6.45, 7) is 6.49. The summed E-state index contributed by atoms with van der Waals surface area (Å²) in [5, 5.41) is 12.1. The zero-order chi connectivity index (χ0) is 24.3. The van der Waals surface area contributed by atoms with Gasteiger partial charge in [-0.15, -0.1) is 10.2 Å². The van der Waals surface area contributed by atoms with Gasteiger partial charge in [0.2, 0.25) is 11.8 Å². The molecule has 0 aliphatic rings. The van der Waals surface area contributed by atoms with Crippen LogP contribution in [0.4, 0.5) is 20.2 Å². The number of thioether (sulfide) groups is 1. The fourth-order valence-electron chi connectivity index (χ4n) is 3.11. The van der Waals surface area contributed by atoms with Crippen LogP contribution in [0.5, 0.6) is 0 Å². The lowest BCUT2D eigenvalue weighted by molar-refractivity contribution is -0.115. The molecule has 1 aromatic heterocycles. The number of anilines is 2. The topological polar surface area (TPSA) is 117 Å². The van der Waals surface area contributed by atoms with Crippen molar-refractivity contribution in [2.24, 2.45) is 0 Å². The molecule has 2 aromatic carbocycles. The van der Waals surface area contributed by atoms with Crippen LogP contribution >= 0.6 is 11.8 Å². The average molecular weight is 474 g/mol. The first kappa shape index (κ1) is 24.1. The number of nitrogens with one attached hydrogen (secondary N) is 3. The summed E-state index contributed by atoms with van der Waals surface area (Å²) in [5.41, 5.74) is 1.36. The highest BCUT2D eigenvalue weighted by Gasteiger charge is 2.21. The van der Waals surface area contributed by atoms with Gasteiger partial charge < -0.3 is 10.6 Å². The summed E-state index contributed by atoms with van der Waals surface area (Å²) < 4.78 is 27.5. The van der Waals surface area contributed by atoms with E-state index in [1.807, 2.05) is 13.0 Å². The van der Waals surface area contributed by atoms with Gasteiger partial charge in [0.25, 0.3) is 5.56 Å². The van der Waals surface area contributed by atoms with Crippen molar-refractivity contribution in [2.75, 3.05) is 10.6 Å². The highest BCUT2D eigenvalue weighted by Crippen LogP contribution is 2.30. The third-order valence-corrected chi connectivity index (χ3v) is 5.56. The van der Waals surface area contributed by atoms with Crippen molar-refractivity contribution in [3.05, 3.63) is 63.4 Å². The van der Waals surface area contributed by atoms with E-state index in [1.165, 1.54) is 19.9 Å². The summed E-state index contributed by atoms with van der Waals surface area (Å²) in [4.78, 5) is 39.3. The number of benzene rings is 2. The van der Waals surface area contributed by atoms with E-state index in [9.17, 15) is 23.2 Å². The second-order valence-corrected chi connectivity index (χ2v) is 8.67. The monoisotopic (exact) mass is 473 g/mol. The number of nitrogens with zero attached hydrogens (tertiary/aromatic N) is 2. The number of rotatable bonds is 6. The number of carbonyl (C=O) groups excluding carboxylic acids is 2. The molecule has 2 amide bonds. The lowest BCUT2D eigenvalue weighted by Crippen LogP contribution is -2.25. The van der Waals surface area contributed by atoms with Crippen LogP contribution in [0.1, 0.15) is 25.0 Å². The predicted molar refractivity (Wildman–Crippen MR) is 122 cm³/mol. The van der Waals surface area contributed by atoms with Gasteiger partial charge in [-0.3, -0.25) is 19.4 Å². The Labute approximate surface area is 192 Å². The van der Waals surface area contributed by atoms with E-state index in [0.717, 1.165) is 35.0 Å². The number of amides is 2. The Morgan fingerprint density at radius 2 is 1.73 bits per heavy atom. The molecule has 8 nitrogen and oxygen atoms in total. The van der Waals surface area contributed by atoms with Crippen molar-refractivity contribution in [1.29, 1.82) is 0 Å². The van der Waals surface area contributed by atoms with Crippen molar-refractivity contribution in [3.8, 4) is 11.3 Å². The highest BCUT2D eigenvalue weighted by molar-refractivity contribution is 8.00. The van der Waals surface area contributed by atoms with E-state index in [1.54, 1.807) is 13.0 Å². The van der Waals surface area contributed by atoms with Crippen molar-refractivity contribution >= 4 is 35.0 Å². The number of H-pyrrole nitrogens is 1. The van der Waals surface area contributed by atoms with Gasteiger partial charge in [-0.25, -0.2) is 8.78 Å². The first-order valence-electron chi connectivity index (χ1n) is 9.84. The second-order valence-electron chi connectivity index (χ2n) is 7.34. The number of aromatic nitrogens is 3. The summed E-state index contributed by atoms with van der Waals surface area (Å²) in [5.74, 6) is -2.79. The van der Waals surface area contributed by atoms with E-state index >= 15 is 0 Å². The van der Waals surface area contributed by atoms with Crippen LogP contribution < -0.4 is 16.2 Å². The van der Waals surface area contributed by atoms with E-state index < -0.39 is 34.0 Å². The Balaban J connectivity index is 1.84. The fourth-order valence-corrected chi connectivity index (χ4v) is 3.85. The Bertz CT molecular complexity index is 1280. The maximum atomic E-state index is 13.8. The number of carbonyl (C=O) groups is 2. The maximum Gasteiger partial charge on any atom is 0.278 e. The van der Waals surface area contributed by atoms with Crippen molar-refractivity contribution in [3.63, 3.8) is 0 Å². The van der Waals surface area contributed by atoms with E-state index in [4.69, 9.17) is 0 Å². The largest absolute Gasteiger partial charge is 0.325 e. The zero-order valence-corrected chi connectivity index (χ0v) is 19.1. The van der Waals surface area contributed by atoms with Crippen LogP contribution in [-0.2, 0) is 9.59 Å². The number of para-hydroxylation sites is 1. The second kappa shape index (κ2) is 9.90. The van der Waals surface area contributed by atoms with Crippen LogP contribution in [0.3, 0.4) is 0 Å². The first-order valence-corrected chi connectivity index (χ1v) is 10.7. The molecule has 0 aliphatic carbocycles. The molecular formula is C22H21F2N5O3S. The molecule has 0 radical (unpaired) electrons. The minimum absolute atomic E-state index is 0.000400. The van der Waals surface area contributed by atoms with Gasteiger partial charge >= 0.3 is 0 Å². The molecule has 3 N–H and O–H groups in total. The number of hydrogen-bond acceptors (Lipinski definition) is 6. The molecule has 0 aliphatic heterocycles. The van der Waals surface area contributed by atoms with Gasteiger partial charge in [0.05, 0.1) is 10.9 Å². The van der Waals surface area contributed by atoms with Gasteiger partial charge in [0.1, 0.15) is 17.3 Å². The van der Waals surface area contributed by atoms with E-state index in [0.29, 0.717) is 11.3 Å². The number of halogens is 2. The van der Waals surface area contributed by atoms with Crippen LogP contribution in [0.25, 0.3) is 11.3 Å². The Kier molecular flexibility index (Phi) is 7.22. The normalized spacial score (nSPS) is 11.7. The molecule has 0 spiro atoms. The molecule has 11 heteroatoms.